The summed E-state index contributed by atoms with van der Waals surface area (Å²) in [6.45, 7) is 1.27. The molecule has 4 N–H and O–H groups in total. The van der Waals surface area contributed by atoms with Gasteiger partial charge in [0, 0.05) is 20.2 Å². The Kier molecular flexibility index (Phi) is 7.07. The molecular formula is C15H23ClN5O7P. The Morgan fingerprint density at radius 1 is 1.28 bits per heavy atom. The fraction of sp³-hybridized carbons (Fsp3) is 0.667. The van der Waals surface area contributed by atoms with Crippen LogP contribution in [-0.2, 0) is 14.0 Å². The number of aliphatic hydroxyl groups is 2. The number of methoxy groups -OCH3 is 1. The summed E-state index contributed by atoms with van der Waals surface area (Å²) in [6.07, 6.45) is -1.56. The van der Waals surface area contributed by atoms with Crippen LogP contribution in [0.4, 0.5) is 5.82 Å². The lowest BCUT2D eigenvalue weighted by Crippen LogP contribution is -2.39. The third-order valence-electron chi connectivity index (χ3n) is 4.60. The van der Waals surface area contributed by atoms with Gasteiger partial charge in [-0.1, -0.05) is 0 Å². The van der Waals surface area contributed by atoms with Crippen LogP contribution in [0.3, 0.4) is 0 Å². The highest BCUT2D eigenvalue weighted by molar-refractivity contribution is 7.51. The second-order valence-electron chi connectivity index (χ2n) is 6.68. The zero-order valence-electron chi connectivity index (χ0n) is 15.6. The van der Waals surface area contributed by atoms with Gasteiger partial charge < -0.3 is 34.4 Å². The summed E-state index contributed by atoms with van der Waals surface area (Å²) in [5, 5.41) is 21.1. The number of aliphatic hydroxyl groups excluding tert-OH is 2. The molecule has 1 aliphatic heterocycles. The maximum absolute atomic E-state index is 10.9. The summed E-state index contributed by atoms with van der Waals surface area (Å²) >= 11 is 6.06. The average molecular weight is 452 g/mol. The van der Waals surface area contributed by atoms with Crippen LogP contribution in [-0.4, -0.2) is 84.9 Å². The van der Waals surface area contributed by atoms with Crippen molar-refractivity contribution in [3.8, 4) is 0 Å². The predicted octanol–water partition coefficient (Wildman–Crippen LogP) is 0.0985. The minimum absolute atomic E-state index is 0.0175. The van der Waals surface area contributed by atoms with E-state index in [0.29, 0.717) is 11.3 Å². The molecule has 0 bridgehead atoms. The lowest BCUT2D eigenvalue weighted by Gasteiger charge is -2.26. The van der Waals surface area contributed by atoms with Crippen LogP contribution in [0.25, 0.3) is 11.2 Å². The first-order valence-corrected chi connectivity index (χ1v) is 11.0. The van der Waals surface area contributed by atoms with Crippen LogP contribution in [0, 0.1) is 0 Å². The third-order valence-corrected chi connectivity index (χ3v) is 5.28. The minimum Gasteiger partial charge on any atom is -0.386 e. The zero-order chi connectivity index (χ0) is 21.2. The molecule has 12 nitrogen and oxygen atoms in total. The maximum Gasteiger partial charge on any atom is 0.350 e. The summed E-state index contributed by atoms with van der Waals surface area (Å²) in [5.74, 6) is 0.561. The normalized spacial score (nSPS) is 18.3. The van der Waals surface area contributed by atoms with Crippen molar-refractivity contribution in [3.05, 3.63) is 11.6 Å². The molecule has 14 heteroatoms. The van der Waals surface area contributed by atoms with Gasteiger partial charge >= 0.3 is 7.60 Å². The summed E-state index contributed by atoms with van der Waals surface area (Å²) in [5.41, 5.74) is 0.679. The number of anilines is 1. The highest BCUT2D eigenvalue weighted by atomic mass is 35.5. The largest absolute Gasteiger partial charge is 0.386 e. The van der Waals surface area contributed by atoms with E-state index in [1.807, 2.05) is 4.90 Å². The van der Waals surface area contributed by atoms with Gasteiger partial charge in [-0.15, -0.1) is 0 Å². The van der Waals surface area contributed by atoms with Crippen LogP contribution in [0.15, 0.2) is 6.33 Å². The molecule has 3 heterocycles. The molecule has 0 spiro atoms. The molecule has 2 aromatic rings. The average Bonchev–Trinajstić information content (AvgIpc) is 3.32. The molecule has 0 aliphatic carbocycles. The van der Waals surface area contributed by atoms with E-state index in [4.69, 9.17) is 30.9 Å². The van der Waals surface area contributed by atoms with Crippen molar-refractivity contribution in [2.75, 3.05) is 38.1 Å². The summed E-state index contributed by atoms with van der Waals surface area (Å²) in [6, 6.07) is 0. The number of ether oxygens (including phenoxy) is 2. The van der Waals surface area contributed by atoms with Gasteiger partial charge in [-0.25, -0.2) is 4.98 Å². The van der Waals surface area contributed by atoms with E-state index in [1.165, 1.54) is 18.0 Å². The Labute approximate surface area is 171 Å². The van der Waals surface area contributed by atoms with E-state index in [9.17, 15) is 14.8 Å². The summed E-state index contributed by atoms with van der Waals surface area (Å²) in [4.78, 5) is 32.4. The Morgan fingerprint density at radius 2 is 1.97 bits per heavy atom. The van der Waals surface area contributed by atoms with Gasteiger partial charge in [0.25, 0.3) is 0 Å². The second-order valence-corrected chi connectivity index (χ2v) is 8.60. The van der Waals surface area contributed by atoms with Crippen LogP contribution in [0.2, 0.25) is 5.28 Å². The first-order chi connectivity index (χ1) is 13.7. The van der Waals surface area contributed by atoms with E-state index in [0.717, 1.165) is 25.9 Å². The molecule has 0 unspecified atom stereocenters. The molecule has 1 saturated heterocycles. The first-order valence-electron chi connectivity index (χ1n) is 8.87. The first kappa shape index (κ1) is 22.3. The molecule has 29 heavy (non-hydrogen) atoms. The van der Waals surface area contributed by atoms with E-state index in [1.54, 1.807) is 0 Å². The smallest absolute Gasteiger partial charge is 0.350 e. The molecule has 1 aliphatic rings. The van der Waals surface area contributed by atoms with Crippen LogP contribution in [0.5, 0.6) is 0 Å². The predicted molar refractivity (Wildman–Crippen MR) is 103 cm³/mol. The lowest BCUT2D eigenvalue weighted by molar-refractivity contribution is -0.122. The number of rotatable bonds is 9. The third kappa shape index (κ3) is 5.22. The monoisotopic (exact) mass is 451 g/mol. The fourth-order valence-electron chi connectivity index (χ4n) is 3.17. The Bertz CT molecular complexity index is 887. The van der Waals surface area contributed by atoms with Gasteiger partial charge in [-0.2, -0.15) is 9.97 Å². The van der Waals surface area contributed by atoms with Crippen molar-refractivity contribution >= 4 is 36.2 Å². The molecule has 0 saturated carbocycles. The number of halogens is 1. The van der Waals surface area contributed by atoms with E-state index in [2.05, 4.69) is 15.0 Å². The molecular weight excluding hydrogens is 429 g/mol. The van der Waals surface area contributed by atoms with E-state index >= 15 is 0 Å². The Morgan fingerprint density at radius 3 is 2.59 bits per heavy atom. The SMILES string of the molecule is CO[C@H](COCP(=O)(O)O)[C@@H](O)[C@@H](O)n1cnc2c(N3CCCC3)nc(Cl)nc21. The van der Waals surface area contributed by atoms with Crippen molar-refractivity contribution in [3.63, 3.8) is 0 Å². The topological polar surface area (TPSA) is 163 Å². The number of hydrogen-bond donors (Lipinski definition) is 4. The van der Waals surface area contributed by atoms with Gasteiger partial charge in [0.2, 0.25) is 5.28 Å². The van der Waals surface area contributed by atoms with E-state index < -0.39 is 32.4 Å². The quantitative estimate of drug-likeness (QED) is 0.302. The molecule has 3 rings (SSSR count). The number of nitrogens with zero attached hydrogens (tertiary/aromatic N) is 5. The van der Waals surface area contributed by atoms with E-state index in [-0.39, 0.29) is 17.5 Å². The molecule has 0 aromatic carbocycles. The van der Waals surface area contributed by atoms with Gasteiger partial charge in [0.1, 0.15) is 18.6 Å². The number of fused-ring (bicyclic) bond motifs is 1. The zero-order valence-corrected chi connectivity index (χ0v) is 17.3. The molecule has 0 amide bonds. The van der Waals surface area contributed by atoms with Gasteiger partial charge in [0.05, 0.1) is 12.9 Å². The van der Waals surface area contributed by atoms with Gasteiger partial charge in [-0.3, -0.25) is 9.13 Å². The molecule has 0 radical (unpaired) electrons. The van der Waals surface area contributed by atoms with Crippen molar-refractivity contribution in [2.45, 2.75) is 31.3 Å². The number of imidazole rings is 1. The number of hydrogen-bond acceptors (Lipinski definition) is 9. The Hall–Kier alpha value is -1.37. The van der Waals surface area contributed by atoms with Gasteiger partial charge in [-0.05, 0) is 24.4 Å². The van der Waals surface area contributed by atoms with Crippen LogP contribution in [0.1, 0.15) is 19.1 Å². The summed E-state index contributed by atoms with van der Waals surface area (Å²) < 4.78 is 22.1. The van der Waals surface area contributed by atoms with Crippen LogP contribution >= 0.6 is 19.2 Å². The molecule has 3 atom stereocenters. The van der Waals surface area contributed by atoms with Crippen molar-refractivity contribution in [1.82, 2.24) is 19.5 Å². The Balaban J connectivity index is 1.82. The van der Waals surface area contributed by atoms with Crippen molar-refractivity contribution < 1.29 is 34.0 Å². The molecule has 1 fully saturated rings. The van der Waals surface area contributed by atoms with Gasteiger partial charge in [0.15, 0.2) is 23.2 Å². The van der Waals surface area contributed by atoms with Crippen molar-refractivity contribution in [1.29, 1.82) is 0 Å². The highest BCUT2D eigenvalue weighted by Crippen LogP contribution is 2.34. The minimum atomic E-state index is -4.36. The highest BCUT2D eigenvalue weighted by Gasteiger charge is 2.31. The maximum atomic E-state index is 10.9. The summed E-state index contributed by atoms with van der Waals surface area (Å²) in [7, 11) is -3.09. The van der Waals surface area contributed by atoms with Crippen LogP contribution < -0.4 is 4.90 Å². The number of aromatic nitrogens is 4. The second kappa shape index (κ2) is 9.19. The standard InChI is InChI=1S/C15H23ClN5O7P/c1-27-9(6-28-8-29(24,25)26)11(22)14(23)21-7-17-10-12(20-4-2-3-5-20)18-15(16)19-13(10)21/h7,9,11,14,22-23H,2-6,8H2,1H3,(H2,24,25,26)/t9-,11-,14-/m1/s1. The lowest BCUT2D eigenvalue weighted by atomic mass is 10.2. The van der Waals surface area contributed by atoms with Crippen molar-refractivity contribution in [2.24, 2.45) is 0 Å². The fourth-order valence-corrected chi connectivity index (χ4v) is 3.67. The molecule has 162 valence electrons. The molecule has 2 aromatic heterocycles.